The second-order valence-electron chi connectivity index (χ2n) is 7.79. The second-order valence-corrected chi connectivity index (χ2v) is 7.79. The minimum Gasteiger partial charge on any atom is -0.444 e. The molecule has 3 N–H and O–H groups in total. The lowest BCUT2D eigenvalue weighted by atomic mass is 10.2. The van der Waals surface area contributed by atoms with Gasteiger partial charge in [0, 0.05) is 32.1 Å². The number of rotatable bonds is 6. The second kappa shape index (κ2) is 12.2. The molecule has 8 nitrogen and oxygen atoms in total. The third kappa shape index (κ3) is 11.2. The number of guanidine groups is 1. The molecular formula is C18H36IN5O3. The van der Waals surface area contributed by atoms with E-state index in [9.17, 15) is 9.59 Å². The Balaban J connectivity index is 0.00000676. The van der Waals surface area contributed by atoms with E-state index in [-0.39, 0.29) is 42.0 Å². The molecule has 158 valence electrons. The van der Waals surface area contributed by atoms with Crippen molar-refractivity contribution >= 4 is 41.9 Å². The minimum atomic E-state index is -0.505. The summed E-state index contributed by atoms with van der Waals surface area (Å²) >= 11 is 0. The molecule has 1 aliphatic rings. The number of aliphatic imine (C=N–C) groups is 1. The van der Waals surface area contributed by atoms with Crippen LogP contribution in [0.5, 0.6) is 0 Å². The molecule has 2 amide bonds. The number of ether oxygens (including phenoxy) is 1. The highest BCUT2D eigenvalue weighted by Crippen LogP contribution is 2.12. The predicted octanol–water partition coefficient (Wildman–Crippen LogP) is 2.08. The number of amides is 2. The minimum absolute atomic E-state index is 0. The zero-order valence-corrected chi connectivity index (χ0v) is 19.8. The standard InChI is InChI=1S/C18H35N5O3.HI/c1-7-19-16(20-10-8-15(24)21-13(2)3)23-11-9-14(12-23)22-17(25)26-18(4,5)6;/h13-14H,7-12H2,1-6H3,(H,19,20)(H,21,24)(H,22,25);1H. The number of carbonyl (C=O) groups excluding carboxylic acids is 2. The van der Waals surface area contributed by atoms with Crippen molar-refractivity contribution in [1.29, 1.82) is 0 Å². The lowest BCUT2D eigenvalue weighted by molar-refractivity contribution is -0.121. The molecule has 9 heteroatoms. The third-order valence-corrected chi connectivity index (χ3v) is 3.59. The van der Waals surface area contributed by atoms with Crippen LogP contribution in [0.4, 0.5) is 4.79 Å². The molecule has 0 aromatic heterocycles. The van der Waals surface area contributed by atoms with Crippen LogP contribution in [0, 0.1) is 0 Å². The number of nitrogens with one attached hydrogen (secondary N) is 3. The fraction of sp³-hybridized carbons (Fsp3) is 0.833. The van der Waals surface area contributed by atoms with E-state index >= 15 is 0 Å². The first-order valence-electron chi connectivity index (χ1n) is 9.43. The molecule has 0 aliphatic carbocycles. The van der Waals surface area contributed by atoms with Gasteiger partial charge in [0.25, 0.3) is 0 Å². The summed E-state index contributed by atoms with van der Waals surface area (Å²) in [5.41, 5.74) is -0.505. The SMILES string of the molecule is CCNC(=NCCC(=O)NC(C)C)N1CCC(NC(=O)OC(C)(C)C)C1.I. The van der Waals surface area contributed by atoms with Crippen molar-refractivity contribution in [3.05, 3.63) is 0 Å². The monoisotopic (exact) mass is 497 g/mol. The highest BCUT2D eigenvalue weighted by Gasteiger charge is 2.27. The number of halogens is 1. The molecule has 1 aliphatic heterocycles. The van der Waals surface area contributed by atoms with Crippen LogP contribution in [0.25, 0.3) is 0 Å². The van der Waals surface area contributed by atoms with Gasteiger partial charge in [0.1, 0.15) is 5.60 Å². The normalized spacial score (nSPS) is 17.4. The summed E-state index contributed by atoms with van der Waals surface area (Å²) in [6.07, 6.45) is 0.800. The maximum atomic E-state index is 11.9. The predicted molar refractivity (Wildman–Crippen MR) is 119 cm³/mol. The lowest BCUT2D eigenvalue weighted by Gasteiger charge is -2.23. The van der Waals surface area contributed by atoms with Crippen LogP contribution < -0.4 is 16.0 Å². The zero-order valence-electron chi connectivity index (χ0n) is 17.4. The van der Waals surface area contributed by atoms with Crippen molar-refractivity contribution in [2.75, 3.05) is 26.2 Å². The fourth-order valence-corrected chi connectivity index (χ4v) is 2.63. The Morgan fingerprint density at radius 2 is 1.96 bits per heavy atom. The van der Waals surface area contributed by atoms with Gasteiger partial charge in [0.2, 0.25) is 5.91 Å². The number of hydrogen-bond donors (Lipinski definition) is 3. The summed E-state index contributed by atoms with van der Waals surface area (Å²) in [5, 5.41) is 9.02. The molecule has 1 saturated heterocycles. The van der Waals surface area contributed by atoms with Crippen LogP contribution in [0.15, 0.2) is 4.99 Å². The summed E-state index contributed by atoms with van der Waals surface area (Å²) in [6, 6.07) is 0.163. The van der Waals surface area contributed by atoms with Gasteiger partial charge in [0.15, 0.2) is 5.96 Å². The van der Waals surface area contributed by atoms with Crippen LogP contribution in [0.2, 0.25) is 0 Å². The Labute approximate surface area is 180 Å². The Morgan fingerprint density at radius 3 is 2.52 bits per heavy atom. The topological polar surface area (TPSA) is 95.1 Å². The Kier molecular flexibility index (Phi) is 11.7. The van der Waals surface area contributed by atoms with Crippen molar-refractivity contribution in [2.45, 2.75) is 72.1 Å². The van der Waals surface area contributed by atoms with Gasteiger partial charge in [-0.25, -0.2) is 4.79 Å². The molecule has 1 unspecified atom stereocenters. The fourth-order valence-electron chi connectivity index (χ4n) is 2.63. The van der Waals surface area contributed by atoms with Crippen LogP contribution in [0.1, 0.15) is 54.4 Å². The summed E-state index contributed by atoms with van der Waals surface area (Å²) in [6.45, 7) is 14.1. The van der Waals surface area contributed by atoms with Gasteiger partial charge < -0.3 is 25.6 Å². The quantitative estimate of drug-likeness (QED) is 0.297. The van der Waals surface area contributed by atoms with Crippen molar-refractivity contribution in [3.63, 3.8) is 0 Å². The maximum absolute atomic E-state index is 11.9. The van der Waals surface area contributed by atoms with E-state index in [1.54, 1.807) is 0 Å². The molecule has 1 rings (SSSR count). The average molecular weight is 497 g/mol. The van der Waals surface area contributed by atoms with E-state index in [1.165, 1.54) is 0 Å². The molecule has 0 radical (unpaired) electrons. The van der Waals surface area contributed by atoms with Crippen LogP contribution >= 0.6 is 24.0 Å². The van der Waals surface area contributed by atoms with E-state index < -0.39 is 11.7 Å². The van der Waals surface area contributed by atoms with Gasteiger partial charge in [0.05, 0.1) is 12.6 Å². The molecule has 0 saturated carbocycles. The number of carbonyl (C=O) groups is 2. The van der Waals surface area contributed by atoms with Crippen molar-refractivity contribution in [2.24, 2.45) is 4.99 Å². The van der Waals surface area contributed by atoms with Crippen LogP contribution in [0.3, 0.4) is 0 Å². The van der Waals surface area contributed by atoms with Gasteiger partial charge in [-0.05, 0) is 48.0 Å². The molecule has 1 atom stereocenters. The Hall–Kier alpha value is -1.26. The summed E-state index contributed by atoms with van der Waals surface area (Å²) < 4.78 is 5.31. The van der Waals surface area contributed by atoms with Crippen LogP contribution in [-0.4, -0.2) is 66.7 Å². The van der Waals surface area contributed by atoms with E-state index in [1.807, 2.05) is 41.5 Å². The van der Waals surface area contributed by atoms with E-state index in [2.05, 4.69) is 25.8 Å². The van der Waals surface area contributed by atoms with Gasteiger partial charge >= 0.3 is 6.09 Å². The molecule has 1 heterocycles. The first kappa shape index (κ1) is 25.7. The number of nitrogens with zero attached hydrogens (tertiary/aromatic N) is 2. The zero-order chi connectivity index (χ0) is 19.7. The smallest absolute Gasteiger partial charge is 0.407 e. The summed E-state index contributed by atoms with van der Waals surface area (Å²) in [4.78, 5) is 30.3. The van der Waals surface area contributed by atoms with Gasteiger partial charge in [-0.2, -0.15) is 0 Å². The van der Waals surface area contributed by atoms with Crippen molar-refractivity contribution < 1.29 is 14.3 Å². The molecule has 0 aromatic carbocycles. The molecule has 27 heavy (non-hydrogen) atoms. The maximum Gasteiger partial charge on any atom is 0.407 e. The van der Waals surface area contributed by atoms with Gasteiger partial charge in [-0.1, -0.05) is 0 Å². The first-order chi connectivity index (χ1) is 12.1. The lowest BCUT2D eigenvalue weighted by Crippen LogP contribution is -2.44. The van der Waals surface area contributed by atoms with E-state index in [0.29, 0.717) is 19.5 Å². The molecule has 0 spiro atoms. The molecule has 0 bridgehead atoms. The molecular weight excluding hydrogens is 461 g/mol. The Bertz CT molecular complexity index is 506. The largest absolute Gasteiger partial charge is 0.444 e. The van der Waals surface area contributed by atoms with E-state index in [0.717, 1.165) is 25.5 Å². The number of hydrogen-bond acceptors (Lipinski definition) is 4. The van der Waals surface area contributed by atoms with E-state index in [4.69, 9.17) is 4.74 Å². The average Bonchev–Trinajstić information content (AvgIpc) is 2.91. The van der Waals surface area contributed by atoms with Crippen LogP contribution in [-0.2, 0) is 9.53 Å². The van der Waals surface area contributed by atoms with Gasteiger partial charge in [-0.3, -0.25) is 9.79 Å². The van der Waals surface area contributed by atoms with Crippen molar-refractivity contribution in [1.82, 2.24) is 20.9 Å². The van der Waals surface area contributed by atoms with Crippen molar-refractivity contribution in [3.8, 4) is 0 Å². The number of alkyl carbamates (subject to hydrolysis) is 1. The Morgan fingerprint density at radius 1 is 1.30 bits per heavy atom. The summed E-state index contributed by atoms with van der Waals surface area (Å²) in [7, 11) is 0. The highest BCUT2D eigenvalue weighted by atomic mass is 127. The first-order valence-corrected chi connectivity index (χ1v) is 9.43. The third-order valence-electron chi connectivity index (χ3n) is 3.59. The van der Waals surface area contributed by atoms with Gasteiger partial charge in [-0.15, -0.1) is 24.0 Å². The highest BCUT2D eigenvalue weighted by molar-refractivity contribution is 14.0. The summed E-state index contributed by atoms with van der Waals surface area (Å²) in [5.74, 6) is 0.781. The number of likely N-dealkylation sites (tertiary alicyclic amines) is 1. The molecule has 1 fully saturated rings. The molecule has 0 aromatic rings.